The van der Waals surface area contributed by atoms with Crippen molar-refractivity contribution in [3.05, 3.63) is 49.2 Å². The Morgan fingerprint density at radius 3 is 2.65 bits per heavy atom. The Balaban J connectivity index is 2.31. The number of methoxy groups -OCH3 is 1. The van der Waals surface area contributed by atoms with Gasteiger partial charge in [0.05, 0.1) is 18.4 Å². The number of amides is 1. The maximum Gasteiger partial charge on any atom is 0.350 e. The van der Waals surface area contributed by atoms with Crippen molar-refractivity contribution in [3.8, 4) is 0 Å². The molecule has 20 heavy (non-hydrogen) atoms. The van der Waals surface area contributed by atoms with Gasteiger partial charge >= 0.3 is 5.97 Å². The molecule has 1 amide bonds. The SMILES string of the molecule is COC(=O)c1scc(C)c1NC(=O)c1ccccc1I. The van der Waals surface area contributed by atoms with Crippen LogP contribution in [-0.2, 0) is 4.74 Å². The second-order valence-electron chi connectivity index (χ2n) is 4.05. The van der Waals surface area contributed by atoms with Gasteiger partial charge in [-0.1, -0.05) is 12.1 Å². The van der Waals surface area contributed by atoms with Gasteiger partial charge < -0.3 is 10.1 Å². The van der Waals surface area contributed by atoms with Gasteiger partial charge in [0.2, 0.25) is 0 Å². The molecule has 2 aromatic rings. The lowest BCUT2D eigenvalue weighted by Gasteiger charge is -2.08. The van der Waals surface area contributed by atoms with Crippen LogP contribution < -0.4 is 5.32 Å². The number of carbonyl (C=O) groups excluding carboxylic acids is 2. The van der Waals surface area contributed by atoms with Crippen LogP contribution in [0.5, 0.6) is 0 Å². The van der Waals surface area contributed by atoms with Gasteiger partial charge in [0.1, 0.15) is 4.88 Å². The molecule has 0 fully saturated rings. The van der Waals surface area contributed by atoms with Gasteiger partial charge in [-0.3, -0.25) is 4.79 Å². The summed E-state index contributed by atoms with van der Waals surface area (Å²) in [6.45, 7) is 1.84. The molecular formula is C14H12INO3S. The average molecular weight is 401 g/mol. The second-order valence-corrected chi connectivity index (χ2v) is 6.09. The maximum atomic E-state index is 12.3. The Bertz CT molecular complexity index is 666. The zero-order valence-corrected chi connectivity index (χ0v) is 13.9. The molecule has 4 nitrogen and oxygen atoms in total. The van der Waals surface area contributed by atoms with E-state index in [-0.39, 0.29) is 5.91 Å². The first-order valence-corrected chi connectivity index (χ1v) is 7.72. The van der Waals surface area contributed by atoms with E-state index in [1.807, 2.05) is 24.4 Å². The molecule has 0 radical (unpaired) electrons. The molecule has 0 aliphatic carbocycles. The minimum Gasteiger partial charge on any atom is -0.465 e. The van der Waals surface area contributed by atoms with Gasteiger partial charge in [0, 0.05) is 3.57 Å². The summed E-state index contributed by atoms with van der Waals surface area (Å²) in [6, 6.07) is 7.28. The predicted octanol–water partition coefficient (Wildman–Crippen LogP) is 3.70. The largest absolute Gasteiger partial charge is 0.465 e. The fraction of sp³-hybridized carbons (Fsp3) is 0.143. The van der Waals surface area contributed by atoms with Crippen LogP contribution in [0.25, 0.3) is 0 Å². The standard InChI is InChI=1S/C14H12INO3S/c1-8-7-20-12(14(18)19-2)11(8)16-13(17)9-5-3-4-6-10(9)15/h3-7H,1-2H3,(H,16,17). The third-order valence-corrected chi connectivity index (χ3v) is 4.72. The van der Waals surface area contributed by atoms with Crippen LogP contribution in [0.3, 0.4) is 0 Å². The summed E-state index contributed by atoms with van der Waals surface area (Å²) in [6.07, 6.45) is 0. The van der Waals surface area contributed by atoms with E-state index in [0.29, 0.717) is 16.1 Å². The molecule has 0 bridgehead atoms. The van der Waals surface area contributed by atoms with Crippen molar-refractivity contribution < 1.29 is 14.3 Å². The second kappa shape index (κ2) is 6.36. The Labute approximate surface area is 134 Å². The Morgan fingerprint density at radius 1 is 1.30 bits per heavy atom. The van der Waals surface area contributed by atoms with E-state index < -0.39 is 5.97 Å². The minimum absolute atomic E-state index is 0.235. The van der Waals surface area contributed by atoms with Gasteiger partial charge in [0.15, 0.2) is 0 Å². The number of thiophene rings is 1. The fourth-order valence-corrected chi connectivity index (χ4v) is 3.22. The van der Waals surface area contributed by atoms with E-state index in [9.17, 15) is 9.59 Å². The number of anilines is 1. The molecule has 2 rings (SSSR count). The zero-order chi connectivity index (χ0) is 14.7. The molecule has 0 saturated heterocycles. The molecule has 0 aliphatic rings. The number of aryl methyl sites for hydroxylation is 1. The molecule has 1 N–H and O–H groups in total. The van der Waals surface area contributed by atoms with Crippen molar-refractivity contribution in [2.24, 2.45) is 0 Å². The molecule has 104 valence electrons. The third-order valence-electron chi connectivity index (χ3n) is 2.70. The van der Waals surface area contributed by atoms with Crippen molar-refractivity contribution in [2.75, 3.05) is 12.4 Å². The maximum absolute atomic E-state index is 12.3. The van der Waals surface area contributed by atoms with Crippen molar-refractivity contribution in [3.63, 3.8) is 0 Å². The highest BCUT2D eigenvalue weighted by Crippen LogP contribution is 2.29. The van der Waals surface area contributed by atoms with Crippen LogP contribution in [0.2, 0.25) is 0 Å². The van der Waals surface area contributed by atoms with Crippen molar-refractivity contribution in [2.45, 2.75) is 6.92 Å². The first kappa shape index (κ1) is 15.0. The van der Waals surface area contributed by atoms with Crippen LogP contribution in [0.1, 0.15) is 25.6 Å². The van der Waals surface area contributed by atoms with E-state index in [1.54, 1.807) is 12.1 Å². The Kier molecular flexibility index (Phi) is 4.77. The quantitative estimate of drug-likeness (QED) is 0.631. The van der Waals surface area contributed by atoms with E-state index in [2.05, 4.69) is 27.9 Å². The molecule has 0 saturated carbocycles. The first-order valence-electron chi connectivity index (χ1n) is 5.77. The van der Waals surface area contributed by atoms with Crippen molar-refractivity contribution in [1.29, 1.82) is 0 Å². The molecule has 0 atom stereocenters. The van der Waals surface area contributed by atoms with Gasteiger partial charge in [-0.15, -0.1) is 11.3 Å². The van der Waals surface area contributed by atoms with Gasteiger partial charge in [-0.2, -0.15) is 0 Å². The Morgan fingerprint density at radius 2 is 2.00 bits per heavy atom. The molecular weight excluding hydrogens is 389 g/mol. The lowest BCUT2D eigenvalue weighted by Crippen LogP contribution is -2.15. The van der Waals surface area contributed by atoms with Crippen LogP contribution in [-0.4, -0.2) is 19.0 Å². The number of benzene rings is 1. The molecule has 0 spiro atoms. The lowest BCUT2D eigenvalue weighted by atomic mass is 10.2. The fourth-order valence-electron chi connectivity index (χ4n) is 1.67. The van der Waals surface area contributed by atoms with Gasteiger partial charge in [-0.25, -0.2) is 4.79 Å². The highest BCUT2D eigenvalue weighted by Gasteiger charge is 2.19. The Hall–Kier alpha value is -1.41. The molecule has 0 unspecified atom stereocenters. The van der Waals surface area contributed by atoms with E-state index in [0.717, 1.165) is 9.13 Å². The number of hydrogen-bond donors (Lipinski definition) is 1. The normalized spacial score (nSPS) is 10.2. The summed E-state index contributed by atoms with van der Waals surface area (Å²) in [7, 11) is 1.32. The van der Waals surface area contributed by atoms with Crippen LogP contribution in [0, 0.1) is 10.5 Å². The number of rotatable bonds is 3. The summed E-state index contributed by atoms with van der Waals surface area (Å²) >= 11 is 3.36. The number of carbonyl (C=O) groups is 2. The zero-order valence-electron chi connectivity index (χ0n) is 10.9. The summed E-state index contributed by atoms with van der Waals surface area (Å²) in [5.41, 5.74) is 1.94. The summed E-state index contributed by atoms with van der Waals surface area (Å²) in [5, 5.41) is 4.61. The van der Waals surface area contributed by atoms with E-state index in [4.69, 9.17) is 4.74 Å². The molecule has 1 aromatic heterocycles. The number of halogens is 1. The molecule has 1 heterocycles. The number of hydrogen-bond acceptors (Lipinski definition) is 4. The van der Waals surface area contributed by atoms with Gasteiger partial charge in [-0.05, 0) is 52.6 Å². The van der Waals surface area contributed by atoms with Crippen LogP contribution >= 0.6 is 33.9 Å². The van der Waals surface area contributed by atoms with Gasteiger partial charge in [0.25, 0.3) is 5.91 Å². The topological polar surface area (TPSA) is 55.4 Å². The van der Waals surface area contributed by atoms with Crippen molar-refractivity contribution >= 4 is 51.5 Å². The lowest BCUT2D eigenvalue weighted by molar-refractivity contribution is 0.0607. The van der Waals surface area contributed by atoms with Crippen molar-refractivity contribution in [1.82, 2.24) is 0 Å². The first-order chi connectivity index (χ1) is 9.54. The third kappa shape index (κ3) is 3.01. The monoisotopic (exact) mass is 401 g/mol. The molecule has 0 aliphatic heterocycles. The van der Waals surface area contributed by atoms with Crippen LogP contribution in [0.15, 0.2) is 29.6 Å². The highest BCUT2D eigenvalue weighted by molar-refractivity contribution is 14.1. The smallest absolute Gasteiger partial charge is 0.350 e. The molecule has 1 aromatic carbocycles. The summed E-state index contributed by atoms with van der Waals surface area (Å²) in [5.74, 6) is -0.678. The van der Waals surface area contributed by atoms with Crippen LogP contribution in [0.4, 0.5) is 5.69 Å². The number of nitrogens with one attached hydrogen (secondary N) is 1. The highest BCUT2D eigenvalue weighted by atomic mass is 127. The van der Waals surface area contributed by atoms with E-state index in [1.165, 1.54) is 18.4 Å². The minimum atomic E-state index is -0.443. The predicted molar refractivity (Wildman–Crippen MR) is 87.5 cm³/mol. The molecule has 6 heteroatoms. The number of ether oxygens (including phenoxy) is 1. The average Bonchev–Trinajstić information content (AvgIpc) is 2.80. The number of esters is 1. The summed E-state index contributed by atoms with van der Waals surface area (Å²) in [4.78, 5) is 24.4. The van der Waals surface area contributed by atoms with E-state index >= 15 is 0 Å². The summed E-state index contributed by atoms with van der Waals surface area (Å²) < 4.78 is 5.58.